The van der Waals surface area contributed by atoms with Gasteiger partial charge in [-0.15, -0.1) is 0 Å². The summed E-state index contributed by atoms with van der Waals surface area (Å²) < 4.78 is 0. The molecule has 0 saturated carbocycles. The van der Waals surface area contributed by atoms with Crippen LogP contribution in [0.15, 0.2) is 30.3 Å². The van der Waals surface area contributed by atoms with Gasteiger partial charge in [0.25, 0.3) is 0 Å². The number of hydrogen-bond donors (Lipinski definition) is 2. The minimum Gasteiger partial charge on any atom is -0.340 e. The molecule has 17 heavy (non-hydrogen) atoms. The summed E-state index contributed by atoms with van der Waals surface area (Å²) in [6.07, 6.45) is 0.871. The molecule has 0 saturated heterocycles. The predicted octanol–water partition coefficient (Wildman–Crippen LogP) is 0.236. The lowest BCUT2D eigenvalue weighted by molar-refractivity contribution is -0.130. The van der Waals surface area contributed by atoms with Crippen molar-refractivity contribution in [3.05, 3.63) is 35.9 Å². The van der Waals surface area contributed by atoms with E-state index in [1.54, 1.807) is 7.05 Å². The first-order chi connectivity index (χ1) is 8.27. The first-order valence-corrected chi connectivity index (χ1v) is 5.94. The Morgan fingerprint density at radius 3 is 2.59 bits per heavy atom. The number of nitrogens with zero attached hydrogens (tertiary/aromatic N) is 1. The van der Waals surface area contributed by atoms with E-state index in [0.717, 1.165) is 13.0 Å². The zero-order valence-corrected chi connectivity index (χ0v) is 10.4. The molecule has 4 nitrogen and oxygen atoms in total. The maximum absolute atomic E-state index is 11.8. The lowest BCUT2D eigenvalue weighted by Crippen LogP contribution is -2.41. The van der Waals surface area contributed by atoms with E-state index in [4.69, 9.17) is 5.73 Å². The smallest absolute Gasteiger partial charge is 0.236 e. The molecule has 0 aromatic heterocycles. The summed E-state index contributed by atoms with van der Waals surface area (Å²) in [5.41, 5.74) is 6.76. The molecule has 1 aromatic rings. The van der Waals surface area contributed by atoms with Crippen LogP contribution in [-0.2, 0) is 11.2 Å². The Labute approximate surface area is 103 Å². The van der Waals surface area contributed by atoms with Crippen LogP contribution < -0.4 is 11.1 Å². The van der Waals surface area contributed by atoms with Crippen molar-refractivity contribution in [1.29, 1.82) is 0 Å². The van der Waals surface area contributed by atoms with Gasteiger partial charge in [0.2, 0.25) is 5.91 Å². The van der Waals surface area contributed by atoms with Gasteiger partial charge in [-0.2, -0.15) is 0 Å². The highest BCUT2D eigenvalue weighted by Gasteiger charge is 2.11. The zero-order valence-electron chi connectivity index (χ0n) is 10.4. The Hall–Kier alpha value is -1.39. The topological polar surface area (TPSA) is 58.4 Å². The Kier molecular flexibility index (Phi) is 6.29. The molecule has 0 atom stereocenters. The standard InChI is InChI=1S/C13H21N3O/c1-15-11-13(17)16(10-8-14)9-7-12-5-3-2-4-6-12/h2-6,15H,7-11,14H2,1H3. The van der Waals surface area contributed by atoms with Gasteiger partial charge in [0.05, 0.1) is 6.54 Å². The van der Waals surface area contributed by atoms with Crippen molar-refractivity contribution in [2.75, 3.05) is 33.2 Å². The van der Waals surface area contributed by atoms with Crippen LogP contribution >= 0.6 is 0 Å². The number of nitrogens with two attached hydrogens (primary N) is 1. The van der Waals surface area contributed by atoms with Crippen LogP contribution in [0.25, 0.3) is 0 Å². The molecule has 0 unspecified atom stereocenters. The van der Waals surface area contributed by atoms with Gasteiger partial charge in [0.1, 0.15) is 0 Å². The highest BCUT2D eigenvalue weighted by molar-refractivity contribution is 5.78. The zero-order chi connectivity index (χ0) is 12.5. The van der Waals surface area contributed by atoms with Gasteiger partial charge in [-0.3, -0.25) is 4.79 Å². The number of nitrogens with one attached hydrogen (secondary N) is 1. The number of carbonyl (C=O) groups excluding carboxylic acids is 1. The Balaban J connectivity index is 2.47. The van der Waals surface area contributed by atoms with Gasteiger partial charge < -0.3 is 16.0 Å². The molecule has 4 heteroatoms. The van der Waals surface area contributed by atoms with Crippen LogP contribution in [0.4, 0.5) is 0 Å². The fraction of sp³-hybridized carbons (Fsp3) is 0.462. The highest BCUT2D eigenvalue weighted by Crippen LogP contribution is 2.01. The first-order valence-electron chi connectivity index (χ1n) is 5.94. The second-order valence-corrected chi connectivity index (χ2v) is 3.94. The summed E-state index contributed by atoms with van der Waals surface area (Å²) in [4.78, 5) is 13.6. The average Bonchev–Trinajstić information content (AvgIpc) is 2.36. The summed E-state index contributed by atoms with van der Waals surface area (Å²) in [6.45, 7) is 2.22. The van der Waals surface area contributed by atoms with Gasteiger partial charge in [-0.1, -0.05) is 30.3 Å². The van der Waals surface area contributed by atoms with E-state index < -0.39 is 0 Å². The Morgan fingerprint density at radius 1 is 1.29 bits per heavy atom. The first kappa shape index (κ1) is 13.7. The third kappa shape index (κ3) is 4.97. The van der Waals surface area contributed by atoms with Crippen LogP contribution in [0.3, 0.4) is 0 Å². The van der Waals surface area contributed by atoms with Crippen molar-refractivity contribution in [3.63, 3.8) is 0 Å². The van der Waals surface area contributed by atoms with Crippen LogP contribution in [0.1, 0.15) is 5.56 Å². The lowest BCUT2D eigenvalue weighted by atomic mass is 10.1. The second kappa shape index (κ2) is 7.81. The molecule has 0 aliphatic heterocycles. The summed E-state index contributed by atoms with van der Waals surface area (Å²) in [6, 6.07) is 10.2. The number of likely N-dealkylation sites (N-methyl/N-ethyl adjacent to an activating group) is 1. The van der Waals surface area contributed by atoms with Gasteiger partial charge in [-0.25, -0.2) is 0 Å². The van der Waals surface area contributed by atoms with E-state index in [2.05, 4.69) is 17.4 Å². The largest absolute Gasteiger partial charge is 0.340 e. The molecule has 0 heterocycles. The summed E-state index contributed by atoms with van der Waals surface area (Å²) >= 11 is 0. The maximum atomic E-state index is 11.8. The molecule has 0 bridgehead atoms. The van der Waals surface area contributed by atoms with Crippen LogP contribution in [0, 0.1) is 0 Å². The quantitative estimate of drug-likeness (QED) is 0.711. The monoisotopic (exact) mass is 235 g/mol. The molecule has 1 rings (SSSR count). The normalized spacial score (nSPS) is 10.2. The Morgan fingerprint density at radius 2 is 2.00 bits per heavy atom. The van der Waals surface area contributed by atoms with Gasteiger partial charge in [0.15, 0.2) is 0 Å². The van der Waals surface area contributed by atoms with E-state index in [1.165, 1.54) is 5.56 Å². The van der Waals surface area contributed by atoms with E-state index in [1.807, 2.05) is 23.1 Å². The van der Waals surface area contributed by atoms with Gasteiger partial charge >= 0.3 is 0 Å². The summed E-state index contributed by atoms with van der Waals surface area (Å²) in [5.74, 6) is 0.105. The van der Waals surface area contributed by atoms with Gasteiger partial charge in [-0.05, 0) is 19.0 Å². The van der Waals surface area contributed by atoms with Crippen molar-refractivity contribution in [3.8, 4) is 0 Å². The fourth-order valence-electron chi connectivity index (χ4n) is 1.69. The molecule has 0 aliphatic carbocycles. The van der Waals surface area contributed by atoms with Crippen molar-refractivity contribution >= 4 is 5.91 Å². The second-order valence-electron chi connectivity index (χ2n) is 3.94. The highest BCUT2D eigenvalue weighted by atomic mass is 16.2. The molecule has 0 spiro atoms. The summed E-state index contributed by atoms with van der Waals surface area (Å²) in [5, 5.41) is 2.87. The van der Waals surface area contributed by atoms with E-state index in [-0.39, 0.29) is 5.91 Å². The average molecular weight is 235 g/mol. The van der Waals surface area contributed by atoms with Crippen molar-refractivity contribution in [1.82, 2.24) is 10.2 Å². The van der Waals surface area contributed by atoms with E-state index in [9.17, 15) is 4.79 Å². The van der Waals surface area contributed by atoms with Crippen molar-refractivity contribution in [2.45, 2.75) is 6.42 Å². The molecule has 3 N–H and O–H groups in total. The molecule has 0 aliphatic rings. The predicted molar refractivity (Wildman–Crippen MR) is 69.7 cm³/mol. The lowest BCUT2D eigenvalue weighted by Gasteiger charge is -2.22. The number of carbonyl (C=O) groups is 1. The number of amides is 1. The number of hydrogen-bond acceptors (Lipinski definition) is 3. The molecule has 1 aromatic carbocycles. The summed E-state index contributed by atoms with van der Waals surface area (Å²) in [7, 11) is 1.77. The maximum Gasteiger partial charge on any atom is 0.236 e. The minimum absolute atomic E-state index is 0.105. The van der Waals surface area contributed by atoms with Gasteiger partial charge in [0, 0.05) is 19.6 Å². The van der Waals surface area contributed by atoms with Crippen LogP contribution in [-0.4, -0.2) is 44.0 Å². The molecule has 0 radical (unpaired) electrons. The van der Waals surface area contributed by atoms with E-state index >= 15 is 0 Å². The molecule has 1 amide bonds. The molecule has 0 fully saturated rings. The number of rotatable bonds is 7. The van der Waals surface area contributed by atoms with Crippen molar-refractivity contribution < 1.29 is 4.79 Å². The molecular weight excluding hydrogens is 214 g/mol. The van der Waals surface area contributed by atoms with Crippen molar-refractivity contribution in [2.24, 2.45) is 5.73 Å². The van der Waals surface area contributed by atoms with E-state index in [0.29, 0.717) is 19.6 Å². The molecular formula is C13H21N3O. The fourth-order valence-corrected chi connectivity index (χ4v) is 1.69. The number of benzene rings is 1. The van der Waals surface area contributed by atoms with Crippen LogP contribution in [0.2, 0.25) is 0 Å². The SMILES string of the molecule is CNCC(=O)N(CCN)CCc1ccccc1. The molecule has 94 valence electrons. The minimum atomic E-state index is 0.105. The van der Waals surface area contributed by atoms with Crippen LogP contribution in [0.5, 0.6) is 0 Å². The third-order valence-electron chi connectivity index (χ3n) is 2.59. The third-order valence-corrected chi connectivity index (χ3v) is 2.59. The Bertz CT molecular complexity index is 327.